The van der Waals surface area contributed by atoms with E-state index in [-0.39, 0.29) is 35.5 Å². The number of nitrogens with one attached hydrogen (secondary N) is 1. The molecule has 10 heteroatoms. The van der Waals surface area contributed by atoms with Crippen LogP contribution in [-0.4, -0.2) is 50.4 Å². The van der Waals surface area contributed by atoms with Crippen LogP contribution < -0.4 is 14.4 Å². The quantitative estimate of drug-likeness (QED) is 0.179. The van der Waals surface area contributed by atoms with Crippen LogP contribution in [0.1, 0.15) is 31.9 Å². The third-order valence-electron chi connectivity index (χ3n) is 6.99. The normalized spacial score (nSPS) is 11.9. The fourth-order valence-electron chi connectivity index (χ4n) is 4.89. The lowest BCUT2D eigenvalue weighted by molar-refractivity contribution is -0.140. The summed E-state index contributed by atoms with van der Waals surface area (Å²) >= 11 is 6.30. The lowest BCUT2D eigenvalue weighted by Crippen LogP contribution is -2.54. The van der Waals surface area contributed by atoms with Crippen LogP contribution in [0.3, 0.4) is 0 Å². The van der Waals surface area contributed by atoms with Crippen molar-refractivity contribution in [2.75, 3.05) is 17.5 Å². The van der Waals surface area contributed by atoms with Gasteiger partial charge in [0.2, 0.25) is 11.8 Å². The third-order valence-corrected chi connectivity index (χ3v) is 9.01. The zero-order chi connectivity index (χ0) is 32.4. The molecule has 0 saturated heterocycles. The minimum Gasteiger partial charge on any atom is -0.494 e. The average Bonchev–Trinajstić information content (AvgIpc) is 3.02. The number of hydrogen-bond donors (Lipinski definition) is 1. The molecule has 0 saturated carbocycles. The van der Waals surface area contributed by atoms with Gasteiger partial charge in [0.25, 0.3) is 10.0 Å². The molecule has 0 bridgehead atoms. The molecule has 0 radical (unpaired) electrons. The van der Waals surface area contributed by atoms with Gasteiger partial charge >= 0.3 is 0 Å². The van der Waals surface area contributed by atoms with Crippen LogP contribution in [0.15, 0.2) is 114 Å². The molecule has 2 amide bonds. The minimum absolute atomic E-state index is 0.0327. The summed E-state index contributed by atoms with van der Waals surface area (Å²) in [4.78, 5) is 29.7. The molecule has 4 rings (SSSR count). The standard InChI is InChI=1S/C35H38ClN3O5S/c1-4-44-31-20-18-30(19-21-31)39(45(42,43)32-16-9-6-10-17-32)25-34(40)38(24-28-14-11-15-29(36)22-28)33(35(41)37-26(2)3)23-27-12-7-5-8-13-27/h5-22,26,33H,4,23-25H2,1-3H3,(H,37,41). The van der Waals surface area contributed by atoms with Crippen molar-refractivity contribution in [3.8, 4) is 5.75 Å². The van der Waals surface area contributed by atoms with Crippen molar-refractivity contribution in [2.45, 2.75) is 50.7 Å². The monoisotopic (exact) mass is 647 g/mol. The second kappa shape index (κ2) is 15.6. The van der Waals surface area contributed by atoms with Crippen LogP contribution in [0.4, 0.5) is 5.69 Å². The molecule has 4 aromatic rings. The zero-order valence-corrected chi connectivity index (χ0v) is 27.2. The number of amides is 2. The number of carbonyl (C=O) groups is 2. The Morgan fingerprint density at radius 3 is 2.07 bits per heavy atom. The molecule has 4 aromatic carbocycles. The van der Waals surface area contributed by atoms with Gasteiger partial charge in [0.1, 0.15) is 18.3 Å². The van der Waals surface area contributed by atoms with Crippen molar-refractivity contribution in [3.05, 3.63) is 125 Å². The number of carbonyl (C=O) groups excluding carboxylic acids is 2. The van der Waals surface area contributed by atoms with E-state index < -0.39 is 28.5 Å². The van der Waals surface area contributed by atoms with Gasteiger partial charge in [0.05, 0.1) is 17.2 Å². The molecule has 0 aromatic heterocycles. The maximum absolute atomic E-state index is 14.5. The van der Waals surface area contributed by atoms with Crippen molar-refractivity contribution >= 4 is 39.1 Å². The number of ether oxygens (including phenoxy) is 1. The van der Waals surface area contributed by atoms with Gasteiger partial charge in [-0.15, -0.1) is 0 Å². The highest BCUT2D eigenvalue weighted by molar-refractivity contribution is 7.92. The summed E-state index contributed by atoms with van der Waals surface area (Å²) in [7, 11) is -4.19. The van der Waals surface area contributed by atoms with E-state index in [1.807, 2.05) is 57.2 Å². The van der Waals surface area contributed by atoms with Crippen LogP contribution >= 0.6 is 11.6 Å². The van der Waals surface area contributed by atoms with E-state index in [0.717, 1.165) is 9.87 Å². The van der Waals surface area contributed by atoms with Crippen LogP contribution in [-0.2, 0) is 32.6 Å². The topological polar surface area (TPSA) is 96.0 Å². The summed E-state index contributed by atoms with van der Waals surface area (Å²) < 4.78 is 34.8. The zero-order valence-electron chi connectivity index (χ0n) is 25.6. The molecule has 45 heavy (non-hydrogen) atoms. The van der Waals surface area contributed by atoms with Gasteiger partial charge in [0.15, 0.2) is 0 Å². The SMILES string of the molecule is CCOc1ccc(N(CC(=O)N(Cc2cccc(Cl)c2)C(Cc2ccccc2)C(=O)NC(C)C)S(=O)(=O)c2ccccc2)cc1. The summed E-state index contributed by atoms with van der Waals surface area (Å²) in [5.41, 5.74) is 1.83. The highest BCUT2D eigenvalue weighted by Crippen LogP contribution is 2.27. The van der Waals surface area contributed by atoms with Crippen molar-refractivity contribution < 1.29 is 22.7 Å². The van der Waals surface area contributed by atoms with Gasteiger partial charge < -0.3 is 15.0 Å². The Morgan fingerprint density at radius 2 is 1.47 bits per heavy atom. The molecule has 0 aliphatic carbocycles. The number of benzene rings is 4. The van der Waals surface area contributed by atoms with Crippen molar-refractivity contribution in [3.63, 3.8) is 0 Å². The van der Waals surface area contributed by atoms with Gasteiger partial charge in [-0.25, -0.2) is 8.42 Å². The number of sulfonamides is 1. The Morgan fingerprint density at radius 1 is 0.844 bits per heavy atom. The first kappa shape index (κ1) is 33.6. The van der Waals surface area contributed by atoms with Gasteiger partial charge in [-0.05, 0) is 80.4 Å². The number of nitrogens with zero attached hydrogens (tertiary/aromatic N) is 2. The van der Waals surface area contributed by atoms with E-state index in [9.17, 15) is 18.0 Å². The summed E-state index contributed by atoms with van der Waals surface area (Å²) in [6, 6.07) is 29.8. The van der Waals surface area contributed by atoms with Crippen LogP contribution in [0, 0.1) is 0 Å². The van der Waals surface area contributed by atoms with E-state index in [4.69, 9.17) is 16.3 Å². The molecule has 0 heterocycles. The maximum atomic E-state index is 14.5. The van der Waals surface area contributed by atoms with E-state index in [2.05, 4.69) is 5.32 Å². The fourth-order valence-corrected chi connectivity index (χ4v) is 6.54. The van der Waals surface area contributed by atoms with Gasteiger partial charge in [0, 0.05) is 24.0 Å². The Hall–Kier alpha value is -4.34. The molecule has 0 aliphatic rings. The van der Waals surface area contributed by atoms with E-state index in [1.165, 1.54) is 17.0 Å². The van der Waals surface area contributed by atoms with Gasteiger partial charge in [-0.2, -0.15) is 0 Å². The Balaban J connectivity index is 1.80. The van der Waals surface area contributed by atoms with Crippen LogP contribution in [0.5, 0.6) is 5.75 Å². The number of halogens is 1. The Labute approximate surface area is 270 Å². The summed E-state index contributed by atoms with van der Waals surface area (Å²) in [6.07, 6.45) is 0.222. The predicted molar refractivity (Wildman–Crippen MR) is 178 cm³/mol. The van der Waals surface area contributed by atoms with Gasteiger partial charge in [-0.3, -0.25) is 13.9 Å². The summed E-state index contributed by atoms with van der Waals surface area (Å²) in [6.45, 7) is 5.48. The number of hydrogen-bond acceptors (Lipinski definition) is 5. The highest BCUT2D eigenvalue weighted by Gasteiger charge is 2.34. The van der Waals surface area contributed by atoms with Crippen molar-refractivity contribution in [1.82, 2.24) is 10.2 Å². The van der Waals surface area contributed by atoms with E-state index in [0.29, 0.717) is 22.9 Å². The third kappa shape index (κ3) is 9.09. The lowest BCUT2D eigenvalue weighted by Gasteiger charge is -2.34. The van der Waals surface area contributed by atoms with Crippen LogP contribution in [0.2, 0.25) is 5.02 Å². The Kier molecular flexibility index (Phi) is 11.6. The molecule has 1 atom stereocenters. The Bertz CT molecular complexity index is 1670. The van der Waals surface area contributed by atoms with Crippen molar-refractivity contribution in [1.29, 1.82) is 0 Å². The van der Waals surface area contributed by atoms with Crippen molar-refractivity contribution in [2.24, 2.45) is 0 Å². The molecule has 0 aliphatic heterocycles. The molecule has 8 nitrogen and oxygen atoms in total. The smallest absolute Gasteiger partial charge is 0.264 e. The fraction of sp³-hybridized carbons (Fsp3) is 0.257. The molecule has 1 unspecified atom stereocenters. The second-order valence-corrected chi connectivity index (χ2v) is 13.1. The number of anilines is 1. The largest absolute Gasteiger partial charge is 0.494 e. The molecule has 0 spiro atoms. The lowest BCUT2D eigenvalue weighted by atomic mass is 10.0. The second-order valence-electron chi connectivity index (χ2n) is 10.8. The first-order valence-corrected chi connectivity index (χ1v) is 16.6. The first-order chi connectivity index (χ1) is 21.6. The average molecular weight is 648 g/mol. The van der Waals surface area contributed by atoms with Crippen LogP contribution in [0.25, 0.3) is 0 Å². The maximum Gasteiger partial charge on any atom is 0.264 e. The summed E-state index contributed by atoms with van der Waals surface area (Å²) in [5, 5.41) is 3.43. The molecular formula is C35H38ClN3O5S. The van der Waals surface area contributed by atoms with Gasteiger partial charge in [-0.1, -0.05) is 72.3 Å². The molecule has 0 fully saturated rings. The molecule has 1 N–H and O–H groups in total. The first-order valence-electron chi connectivity index (χ1n) is 14.8. The highest BCUT2D eigenvalue weighted by atomic mass is 35.5. The summed E-state index contributed by atoms with van der Waals surface area (Å²) in [5.74, 6) is -0.327. The van der Waals surface area contributed by atoms with E-state index >= 15 is 0 Å². The molecular weight excluding hydrogens is 610 g/mol. The minimum atomic E-state index is -4.19. The predicted octanol–water partition coefficient (Wildman–Crippen LogP) is 6.10. The molecule has 236 valence electrons. The number of rotatable bonds is 14. The van der Waals surface area contributed by atoms with E-state index in [1.54, 1.807) is 60.7 Å².